The van der Waals surface area contributed by atoms with Crippen LogP contribution in [0.5, 0.6) is 11.5 Å². The number of carbonyl (C=O) groups is 1. The second-order valence-corrected chi connectivity index (χ2v) is 7.03. The molecule has 28 heavy (non-hydrogen) atoms. The molecule has 0 fully saturated rings. The van der Waals surface area contributed by atoms with Gasteiger partial charge in [0.15, 0.2) is 11.5 Å². The summed E-state index contributed by atoms with van der Waals surface area (Å²) < 4.78 is 11.8. The number of aliphatic hydroxyl groups excluding tert-OH is 2. The first-order valence-corrected chi connectivity index (χ1v) is 10.6. The predicted octanol–water partition coefficient (Wildman–Crippen LogP) is 3.69. The summed E-state index contributed by atoms with van der Waals surface area (Å²) in [4.78, 5) is 12.3. The fraction of sp³-hybridized carbons (Fsp3) is 0.682. The van der Waals surface area contributed by atoms with E-state index in [1.807, 2.05) is 0 Å². The van der Waals surface area contributed by atoms with Crippen molar-refractivity contribution >= 4 is 5.91 Å². The van der Waals surface area contributed by atoms with Crippen molar-refractivity contribution in [3.05, 3.63) is 23.8 Å². The molecule has 160 valence electrons. The van der Waals surface area contributed by atoms with Crippen LogP contribution in [0.2, 0.25) is 0 Å². The standard InChI is InChI=1S/C22H37NO5/c1-3-5-7-9-13-27-20-12-11-18(22(26)23-16-19(25)17-24)15-21(20)28-14-10-8-6-4-2/h11-12,15,19,24-25H,3-10,13-14,16-17H2,1-2H3,(H,23,26). The van der Waals surface area contributed by atoms with Crippen molar-refractivity contribution in [1.82, 2.24) is 5.32 Å². The lowest BCUT2D eigenvalue weighted by Crippen LogP contribution is -2.33. The number of ether oxygens (including phenoxy) is 2. The van der Waals surface area contributed by atoms with E-state index in [4.69, 9.17) is 14.6 Å². The SMILES string of the molecule is CCCCCCOc1ccc(C(=O)NCC(O)CO)cc1OCCCCCC. The number of carbonyl (C=O) groups excluding carboxylic acids is 1. The van der Waals surface area contributed by atoms with Crippen LogP contribution in [0.15, 0.2) is 18.2 Å². The molecule has 0 bridgehead atoms. The third kappa shape index (κ3) is 9.95. The summed E-state index contributed by atoms with van der Waals surface area (Å²) in [6.45, 7) is 5.16. The summed E-state index contributed by atoms with van der Waals surface area (Å²) in [5.74, 6) is 0.902. The topological polar surface area (TPSA) is 88.0 Å². The number of amides is 1. The molecule has 0 saturated carbocycles. The van der Waals surface area contributed by atoms with Crippen molar-refractivity contribution in [2.75, 3.05) is 26.4 Å². The molecule has 1 aromatic carbocycles. The summed E-state index contributed by atoms with van der Waals surface area (Å²) >= 11 is 0. The van der Waals surface area contributed by atoms with E-state index in [1.54, 1.807) is 18.2 Å². The van der Waals surface area contributed by atoms with Crippen LogP contribution in [0.25, 0.3) is 0 Å². The second kappa shape index (κ2) is 15.2. The molecular weight excluding hydrogens is 358 g/mol. The summed E-state index contributed by atoms with van der Waals surface area (Å²) in [5.41, 5.74) is 0.437. The number of unbranched alkanes of at least 4 members (excludes halogenated alkanes) is 6. The lowest BCUT2D eigenvalue weighted by atomic mass is 10.1. The van der Waals surface area contributed by atoms with Crippen molar-refractivity contribution in [3.63, 3.8) is 0 Å². The molecule has 3 N–H and O–H groups in total. The minimum absolute atomic E-state index is 0.00176. The first-order valence-electron chi connectivity index (χ1n) is 10.6. The number of hydrogen-bond acceptors (Lipinski definition) is 5. The fourth-order valence-corrected chi connectivity index (χ4v) is 2.68. The zero-order chi connectivity index (χ0) is 20.6. The van der Waals surface area contributed by atoms with E-state index in [1.165, 1.54) is 25.7 Å². The summed E-state index contributed by atoms with van der Waals surface area (Å²) in [7, 11) is 0. The van der Waals surface area contributed by atoms with Gasteiger partial charge < -0.3 is 25.0 Å². The zero-order valence-electron chi connectivity index (χ0n) is 17.4. The third-order valence-corrected chi connectivity index (χ3v) is 4.43. The largest absolute Gasteiger partial charge is 0.490 e. The molecule has 0 aliphatic carbocycles. The van der Waals surface area contributed by atoms with Crippen molar-refractivity contribution in [3.8, 4) is 11.5 Å². The highest BCUT2D eigenvalue weighted by molar-refractivity contribution is 5.94. The maximum Gasteiger partial charge on any atom is 0.251 e. The molecule has 6 heteroatoms. The highest BCUT2D eigenvalue weighted by Crippen LogP contribution is 2.29. The van der Waals surface area contributed by atoms with Crippen molar-refractivity contribution in [1.29, 1.82) is 0 Å². The average molecular weight is 396 g/mol. The van der Waals surface area contributed by atoms with Gasteiger partial charge in [-0.2, -0.15) is 0 Å². The maximum absolute atomic E-state index is 12.3. The van der Waals surface area contributed by atoms with Gasteiger partial charge in [0, 0.05) is 12.1 Å². The van der Waals surface area contributed by atoms with Crippen molar-refractivity contribution in [2.45, 2.75) is 71.3 Å². The Morgan fingerprint density at radius 1 is 0.964 bits per heavy atom. The number of hydrogen-bond donors (Lipinski definition) is 3. The van der Waals surface area contributed by atoms with Gasteiger partial charge in [-0.1, -0.05) is 52.4 Å². The van der Waals surface area contributed by atoms with Crippen LogP contribution in [0.1, 0.15) is 75.6 Å². The van der Waals surface area contributed by atoms with E-state index in [2.05, 4.69) is 19.2 Å². The Hall–Kier alpha value is -1.79. The Morgan fingerprint density at radius 3 is 2.14 bits per heavy atom. The molecule has 1 aromatic rings. The first kappa shape index (κ1) is 24.2. The van der Waals surface area contributed by atoms with E-state index in [-0.39, 0.29) is 12.5 Å². The Morgan fingerprint density at radius 2 is 1.57 bits per heavy atom. The smallest absolute Gasteiger partial charge is 0.251 e. The number of nitrogens with one attached hydrogen (secondary N) is 1. The average Bonchev–Trinajstić information content (AvgIpc) is 2.72. The molecule has 0 radical (unpaired) electrons. The van der Waals surface area contributed by atoms with Gasteiger partial charge in [-0.15, -0.1) is 0 Å². The number of rotatable bonds is 16. The van der Waals surface area contributed by atoms with E-state index in [9.17, 15) is 9.90 Å². The van der Waals surface area contributed by atoms with Crippen LogP contribution in [-0.4, -0.2) is 48.6 Å². The van der Waals surface area contributed by atoms with Crippen LogP contribution < -0.4 is 14.8 Å². The molecule has 0 heterocycles. The molecule has 1 rings (SSSR count). The van der Waals surface area contributed by atoms with Crippen molar-refractivity contribution < 1.29 is 24.5 Å². The molecular formula is C22H37NO5. The van der Waals surface area contributed by atoms with E-state index in [0.29, 0.717) is 30.3 Å². The Labute approximate surface area is 169 Å². The van der Waals surface area contributed by atoms with Gasteiger partial charge in [0.05, 0.1) is 25.9 Å². The second-order valence-electron chi connectivity index (χ2n) is 7.03. The van der Waals surface area contributed by atoms with Gasteiger partial charge in [0.2, 0.25) is 0 Å². The van der Waals surface area contributed by atoms with Gasteiger partial charge in [-0.25, -0.2) is 0 Å². The molecule has 1 atom stereocenters. The molecule has 0 saturated heterocycles. The Bertz CT molecular complexity index is 550. The van der Waals surface area contributed by atoms with Crippen LogP contribution in [-0.2, 0) is 0 Å². The monoisotopic (exact) mass is 395 g/mol. The molecule has 1 unspecified atom stereocenters. The van der Waals surface area contributed by atoms with Crippen LogP contribution in [0.4, 0.5) is 0 Å². The van der Waals surface area contributed by atoms with Crippen LogP contribution in [0, 0.1) is 0 Å². The van der Waals surface area contributed by atoms with Gasteiger partial charge in [-0.05, 0) is 31.0 Å². The number of aliphatic hydroxyl groups is 2. The van der Waals surface area contributed by atoms with Crippen molar-refractivity contribution in [2.24, 2.45) is 0 Å². The zero-order valence-corrected chi connectivity index (χ0v) is 17.4. The predicted molar refractivity (Wildman–Crippen MR) is 111 cm³/mol. The highest BCUT2D eigenvalue weighted by atomic mass is 16.5. The van der Waals surface area contributed by atoms with E-state index < -0.39 is 12.7 Å². The molecule has 6 nitrogen and oxygen atoms in total. The van der Waals surface area contributed by atoms with Gasteiger partial charge in [0.25, 0.3) is 5.91 Å². The first-order chi connectivity index (χ1) is 13.6. The summed E-state index contributed by atoms with van der Waals surface area (Å²) in [6, 6.07) is 5.13. The normalized spacial score (nSPS) is 11.9. The van der Waals surface area contributed by atoms with Gasteiger partial charge >= 0.3 is 0 Å². The highest BCUT2D eigenvalue weighted by Gasteiger charge is 2.13. The van der Waals surface area contributed by atoms with Gasteiger partial charge in [0.1, 0.15) is 0 Å². The number of benzene rings is 1. The van der Waals surface area contributed by atoms with Crippen LogP contribution >= 0.6 is 0 Å². The molecule has 0 aromatic heterocycles. The Balaban J connectivity index is 2.70. The van der Waals surface area contributed by atoms with Crippen LogP contribution in [0.3, 0.4) is 0 Å². The third-order valence-electron chi connectivity index (χ3n) is 4.43. The fourth-order valence-electron chi connectivity index (χ4n) is 2.68. The molecule has 0 spiro atoms. The minimum Gasteiger partial charge on any atom is -0.490 e. The molecule has 0 aliphatic rings. The lowest BCUT2D eigenvalue weighted by Gasteiger charge is -2.15. The van der Waals surface area contributed by atoms with Gasteiger partial charge in [-0.3, -0.25) is 4.79 Å². The quantitative estimate of drug-likeness (QED) is 0.372. The molecule has 1 amide bonds. The Kier molecular flexibility index (Phi) is 13.1. The lowest BCUT2D eigenvalue weighted by molar-refractivity contribution is 0.0801. The van der Waals surface area contributed by atoms with E-state index in [0.717, 1.165) is 25.7 Å². The summed E-state index contributed by atoms with van der Waals surface area (Å²) in [5, 5.41) is 20.8. The summed E-state index contributed by atoms with van der Waals surface area (Å²) in [6.07, 6.45) is 7.96. The molecule has 0 aliphatic heterocycles. The maximum atomic E-state index is 12.3. The minimum atomic E-state index is -0.969. The van der Waals surface area contributed by atoms with E-state index >= 15 is 0 Å².